The van der Waals surface area contributed by atoms with Crippen molar-refractivity contribution in [3.05, 3.63) is 77.0 Å². The molecule has 0 saturated heterocycles. The molecule has 3 aromatic rings. The van der Waals surface area contributed by atoms with Crippen molar-refractivity contribution in [1.82, 2.24) is 19.9 Å². The van der Waals surface area contributed by atoms with Crippen LogP contribution in [0, 0.1) is 11.6 Å². The van der Waals surface area contributed by atoms with Crippen molar-refractivity contribution < 1.29 is 22.0 Å². The van der Waals surface area contributed by atoms with E-state index in [2.05, 4.69) is 15.0 Å². The summed E-state index contributed by atoms with van der Waals surface area (Å²) in [5, 5.41) is 0. The van der Waals surface area contributed by atoms with Gasteiger partial charge in [0.15, 0.2) is 0 Å². The van der Waals surface area contributed by atoms with Crippen LogP contribution in [0.3, 0.4) is 0 Å². The maximum absolute atomic E-state index is 13.9. The highest BCUT2D eigenvalue weighted by atomic mass is 19.4. The molecule has 4 nitrogen and oxygen atoms in total. The van der Waals surface area contributed by atoms with Crippen LogP contribution in [0.4, 0.5) is 22.0 Å². The van der Waals surface area contributed by atoms with Gasteiger partial charge in [-0.1, -0.05) is 6.07 Å². The molecule has 0 saturated carbocycles. The Labute approximate surface area is 163 Å². The van der Waals surface area contributed by atoms with E-state index in [1.807, 2.05) is 4.90 Å². The smallest absolute Gasteiger partial charge is 0.294 e. The summed E-state index contributed by atoms with van der Waals surface area (Å²) >= 11 is 0. The van der Waals surface area contributed by atoms with Crippen molar-refractivity contribution >= 4 is 0 Å². The number of benzene rings is 1. The van der Waals surface area contributed by atoms with Gasteiger partial charge in [-0.05, 0) is 29.8 Å². The zero-order chi connectivity index (χ0) is 20.6. The summed E-state index contributed by atoms with van der Waals surface area (Å²) in [7, 11) is 0. The molecule has 1 aliphatic heterocycles. The largest absolute Gasteiger partial charge is 0.451 e. The van der Waals surface area contributed by atoms with Crippen molar-refractivity contribution in [2.24, 2.45) is 0 Å². The van der Waals surface area contributed by atoms with E-state index >= 15 is 0 Å². The SMILES string of the molecule is Fc1ccc(F)c(-c2ccc(CN3CCc4nc(C(F)(F)F)ncc4C3)cn2)c1. The molecule has 0 unspecified atom stereocenters. The maximum Gasteiger partial charge on any atom is 0.451 e. The van der Waals surface area contributed by atoms with Gasteiger partial charge in [-0.3, -0.25) is 9.88 Å². The van der Waals surface area contributed by atoms with Crippen LogP contribution in [0.15, 0.2) is 42.7 Å². The first kappa shape index (κ1) is 19.4. The van der Waals surface area contributed by atoms with E-state index in [4.69, 9.17) is 0 Å². The third kappa shape index (κ3) is 4.24. The van der Waals surface area contributed by atoms with E-state index in [1.54, 1.807) is 18.3 Å². The van der Waals surface area contributed by atoms with E-state index in [1.165, 1.54) is 6.20 Å². The number of halogens is 5. The third-order valence-corrected chi connectivity index (χ3v) is 4.70. The zero-order valence-corrected chi connectivity index (χ0v) is 15.0. The predicted molar refractivity (Wildman–Crippen MR) is 94.4 cm³/mol. The van der Waals surface area contributed by atoms with Gasteiger partial charge in [-0.2, -0.15) is 13.2 Å². The lowest BCUT2D eigenvalue weighted by Crippen LogP contribution is -2.31. The summed E-state index contributed by atoms with van der Waals surface area (Å²) in [6.07, 6.45) is -1.36. The summed E-state index contributed by atoms with van der Waals surface area (Å²) in [5.41, 5.74) is 2.33. The normalized spacial score (nSPS) is 14.7. The average Bonchev–Trinajstić information content (AvgIpc) is 2.69. The molecule has 0 N–H and O–H groups in total. The molecule has 9 heteroatoms. The second-order valence-corrected chi connectivity index (χ2v) is 6.80. The van der Waals surface area contributed by atoms with Crippen LogP contribution in [0.2, 0.25) is 0 Å². The lowest BCUT2D eigenvalue weighted by molar-refractivity contribution is -0.145. The molecule has 0 aliphatic carbocycles. The minimum atomic E-state index is -4.55. The Hall–Kier alpha value is -2.94. The molecule has 0 amide bonds. The Morgan fingerprint density at radius 1 is 1.00 bits per heavy atom. The number of fused-ring (bicyclic) bond motifs is 1. The Balaban J connectivity index is 1.46. The monoisotopic (exact) mass is 406 g/mol. The summed E-state index contributed by atoms with van der Waals surface area (Å²) in [5.74, 6) is -2.22. The van der Waals surface area contributed by atoms with Crippen molar-refractivity contribution in [3.8, 4) is 11.3 Å². The van der Waals surface area contributed by atoms with Gasteiger partial charge < -0.3 is 0 Å². The molecule has 0 spiro atoms. The van der Waals surface area contributed by atoms with Crippen LogP contribution in [-0.2, 0) is 25.7 Å². The van der Waals surface area contributed by atoms with Crippen molar-refractivity contribution in [2.45, 2.75) is 25.7 Å². The topological polar surface area (TPSA) is 41.9 Å². The fourth-order valence-electron chi connectivity index (χ4n) is 3.28. The Kier molecular flexibility index (Phi) is 4.99. The van der Waals surface area contributed by atoms with E-state index < -0.39 is 23.6 Å². The van der Waals surface area contributed by atoms with Crippen molar-refractivity contribution in [3.63, 3.8) is 0 Å². The van der Waals surface area contributed by atoms with Gasteiger partial charge in [0.2, 0.25) is 5.82 Å². The van der Waals surface area contributed by atoms with E-state index in [9.17, 15) is 22.0 Å². The fraction of sp³-hybridized carbons (Fsp3) is 0.250. The van der Waals surface area contributed by atoms with Crippen LogP contribution in [-0.4, -0.2) is 26.4 Å². The molecule has 150 valence electrons. The zero-order valence-electron chi connectivity index (χ0n) is 15.0. The Morgan fingerprint density at radius 2 is 1.83 bits per heavy atom. The van der Waals surface area contributed by atoms with Gasteiger partial charge >= 0.3 is 6.18 Å². The molecular formula is C20H15F5N4. The number of rotatable bonds is 3. The number of hydrogen-bond donors (Lipinski definition) is 0. The van der Waals surface area contributed by atoms with Gasteiger partial charge in [0.05, 0.1) is 11.4 Å². The second-order valence-electron chi connectivity index (χ2n) is 6.80. The number of nitrogens with zero attached hydrogens (tertiary/aromatic N) is 4. The Morgan fingerprint density at radius 3 is 2.55 bits per heavy atom. The number of pyridine rings is 1. The summed E-state index contributed by atoms with van der Waals surface area (Å²) < 4.78 is 65.4. The van der Waals surface area contributed by atoms with Crippen LogP contribution in [0.1, 0.15) is 22.6 Å². The number of aromatic nitrogens is 3. The van der Waals surface area contributed by atoms with Crippen LogP contribution >= 0.6 is 0 Å². The quantitative estimate of drug-likeness (QED) is 0.605. The average molecular weight is 406 g/mol. The molecule has 3 heterocycles. The Bertz CT molecular complexity index is 1030. The fourth-order valence-corrected chi connectivity index (χ4v) is 3.28. The third-order valence-electron chi connectivity index (χ3n) is 4.70. The van der Waals surface area contributed by atoms with Crippen molar-refractivity contribution in [1.29, 1.82) is 0 Å². The molecule has 0 bridgehead atoms. The number of hydrogen-bond acceptors (Lipinski definition) is 4. The first-order chi connectivity index (χ1) is 13.8. The van der Waals surface area contributed by atoms with Gasteiger partial charge in [0, 0.05) is 49.6 Å². The number of alkyl halides is 3. The molecule has 0 fully saturated rings. The van der Waals surface area contributed by atoms with E-state index in [-0.39, 0.29) is 5.56 Å². The van der Waals surface area contributed by atoms with Crippen molar-refractivity contribution in [2.75, 3.05) is 6.54 Å². The minimum Gasteiger partial charge on any atom is -0.294 e. The molecule has 0 radical (unpaired) electrons. The molecule has 0 atom stereocenters. The van der Waals surface area contributed by atoms with E-state index in [0.29, 0.717) is 43.0 Å². The molecule has 4 rings (SSSR count). The maximum atomic E-state index is 13.9. The molecule has 1 aliphatic rings. The standard InChI is InChI=1S/C20H15F5N4/c21-14-2-3-16(22)15(7-14)18-4-1-12(8-26-18)10-29-6-5-17-13(11-29)9-27-19(28-17)20(23,24)25/h1-4,7-9H,5-6,10-11H2. The summed E-state index contributed by atoms with van der Waals surface area (Å²) in [6.45, 7) is 1.48. The predicted octanol–water partition coefficient (Wildman–Crippen LogP) is 4.39. The molecule has 1 aromatic carbocycles. The molecular weight excluding hydrogens is 391 g/mol. The molecule has 2 aromatic heterocycles. The lowest BCUT2D eigenvalue weighted by Gasteiger charge is -2.28. The van der Waals surface area contributed by atoms with Crippen LogP contribution in [0.25, 0.3) is 11.3 Å². The summed E-state index contributed by atoms with van der Waals surface area (Å²) in [4.78, 5) is 13.3. The van der Waals surface area contributed by atoms with Gasteiger partial charge in [0.25, 0.3) is 0 Å². The highest BCUT2D eigenvalue weighted by Gasteiger charge is 2.35. The highest BCUT2D eigenvalue weighted by Crippen LogP contribution is 2.28. The van der Waals surface area contributed by atoms with Crippen LogP contribution < -0.4 is 0 Å². The van der Waals surface area contributed by atoms with Gasteiger partial charge in [-0.15, -0.1) is 0 Å². The lowest BCUT2D eigenvalue weighted by atomic mass is 10.1. The first-order valence-corrected chi connectivity index (χ1v) is 8.84. The van der Waals surface area contributed by atoms with Gasteiger partial charge in [0.1, 0.15) is 11.6 Å². The second kappa shape index (κ2) is 7.47. The molecule has 29 heavy (non-hydrogen) atoms. The first-order valence-electron chi connectivity index (χ1n) is 8.84. The van der Waals surface area contributed by atoms with Crippen LogP contribution in [0.5, 0.6) is 0 Å². The summed E-state index contributed by atoms with van der Waals surface area (Å²) in [6, 6.07) is 6.57. The van der Waals surface area contributed by atoms with Gasteiger partial charge in [-0.25, -0.2) is 18.7 Å². The highest BCUT2D eigenvalue weighted by molar-refractivity contribution is 5.59. The van der Waals surface area contributed by atoms with E-state index in [0.717, 1.165) is 23.8 Å². The minimum absolute atomic E-state index is 0.0843.